The van der Waals surface area contributed by atoms with Gasteiger partial charge in [0.15, 0.2) is 0 Å². The van der Waals surface area contributed by atoms with Crippen molar-refractivity contribution in [2.45, 2.75) is 27.7 Å². The molecule has 0 heterocycles. The fourth-order valence-electron chi connectivity index (χ4n) is 0.933. The molecule has 0 unspecified atom stereocenters. The number of rotatable bonds is 0. The van der Waals surface area contributed by atoms with Gasteiger partial charge in [0.2, 0.25) is 0 Å². The molecule has 0 saturated heterocycles. The van der Waals surface area contributed by atoms with Crippen molar-refractivity contribution < 1.29 is 10.2 Å². The van der Waals surface area contributed by atoms with Gasteiger partial charge in [-0.3, -0.25) is 0 Å². The molecule has 0 fully saturated rings. The standard InChI is InChI=1S/C8H10O2.C4H8/c1-5-3-7(9)4-6(2)8(5)10;1-3-4-2/h3-4,9-10H,1-2H3;3-4H,1-2H3. The normalized spacial score (nSPS) is 9.71. The van der Waals surface area contributed by atoms with Crippen molar-refractivity contribution in [1.82, 2.24) is 0 Å². The Morgan fingerprint density at radius 1 is 0.929 bits per heavy atom. The van der Waals surface area contributed by atoms with Crippen molar-refractivity contribution in [2.24, 2.45) is 0 Å². The second kappa shape index (κ2) is 6.08. The lowest BCUT2D eigenvalue weighted by molar-refractivity contribution is 0.453. The summed E-state index contributed by atoms with van der Waals surface area (Å²) in [6.07, 6.45) is 4.00. The lowest BCUT2D eigenvalue weighted by Gasteiger charge is -2.02. The zero-order valence-electron chi connectivity index (χ0n) is 9.20. The van der Waals surface area contributed by atoms with Crippen molar-refractivity contribution in [3.05, 3.63) is 35.4 Å². The molecule has 2 nitrogen and oxygen atoms in total. The SMILES string of the molecule is CC=CC.Cc1cc(O)cc(C)c1O. The average molecular weight is 194 g/mol. The molecule has 1 rings (SSSR count). The Hall–Kier alpha value is -1.44. The number of aromatic hydroxyl groups is 2. The Morgan fingerprint density at radius 2 is 1.29 bits per heavy atom. The predicted molar refractivity (Wildman–Crippen MR) is 59.7 cm³/mol. The Bertz CT molecular complexity index is 287. The minimum Gasteiger partial charge on any atom is -0.508 e. The molecule has 0 amide bonds. The number of benzene rings is 1. The Morgan fingerprint density at radius 3 is 1.57 bits per heavy atom. The number of phenolic OH excluding ortho intramolecular Hbond substituents is 2. The van der Waals surface area contributed by atoms with Crippen molar-refractivity contribution in [1.29, 1.82) is 0 Å². The highest BCUT2D eigenvalue weighted by atomic mass is 16.3. The lowest BCUT2D eigenvalue weighted by atomic mass is 10.1. The summed E-state index contributed by atoms with van der Waals surface area (Å²) >= 11 is 0. The van der Waals surface area contributed by atoms with E-state index in [-0.39, 0.29) is 11.5 Å². The van der Waals surface area contributed by atoms with Crippen LogP contribution in [0.15, 0.2) is 24.3 Å². The average Bonchev–Trinajstić information content (AvgIpc) is 2.14. The third-order valence-corrected chi connectivity index (χ3v) is 1.81. The maximum Gasteiger partial charge on any atom is 0.121 e. The lowest BCUT2D eigenvalue weighted by Crippen LogP contribution is -1.78. The highest BCUT2D eigenvalue weighted by Crippen LogP contribution is 2.25. The summed E-state index contributed by atoms with van der Waals surface area (Å²) in [5, 5.41) is 18.2. The number of aryl methyl sites for hydroxylation is 2. The quantitative estimate of drug-likeness (QED) is 0.491. The first-order chi connectivity index (χ1) is 6.52. The molecule has 0 aromatic heterocycles. The van der Waals surface area contributed by atoms with Gasteiger partial charge < -0.3 is 10.2 Å². The van der Waals surface area contributed by atoms with E-state index >= 15 is 0 Å². The van der Waals surface area contributed by atoms with Crippen LogP contribution in [0.1, 0.15) is 25.0 Å². The molecule has 0 bridgehead atoms. The third-order valence-electron chi connectivity index (χ3n) is 1.81. The van der Waals surface area contributed by atoms with Crippen molar-refractivity contribution >= 4 is 0 Å². The zero-order chi connectivity index (χ0) is 11.1. The van der Waals surface area contributed by atoms with E-state index in [1.165, 1.54) is 12.1 Å². The van der Waals surface area contributed by atoms with E-state index < -0.39 is 0 Å². The molecule has 14 heavy (non-hydrogen) atoms. The third kappa shape index (κ3) is 3.99. The number of allylic oxidation sites excluding steroid dienone is 2. The Labute approximate surface area is 85.5 Å². The van der Waals surface area contributed by atoms with Crippen LogP contribution in [0.4, 0.5) is 0 Å². The fourth-order valence-corrected chi connectivity index (χ4v) is 0.933. The first kappa shape index (κ1) is 12.6. The van der Waals surface area contributed by atoms with Crippen LogP contribution in [0.2, 0.25) is 0 Å². The summed E-state index contributed by atoms with van der Waals surface area (Å²) in [5.74, 6) is 0.464. The van der Waals surface area contributed by atoms with Gasteiger partial charge in [-0.05, 0) is 51.0 Å². The number of hydrogen-bond acceptors (Lipinski definition) is 2. The molecule has 1 aromatic rings. The smallest absolute Gasteiger partial charge is 0.121 e. The van der Waals surface area contributed by atoms with E-state index in [4.69, 9.17) is 5.11 Å². The molecular weight excluding hydrogens is 176 g/mol. The van der Waals surface area contributed by atoms with Crippen molar-refractivity contribution in [2.75, 3.05) is 0 Å². The minimum atomic E-state index is 0.202. The van der Waals surface area contributed by atoms with Gasteiger partial charge >= 0.3 is 0 Å². The van der Waals surface area contributed by atoms with Crippen LogP contribution in [0, 0.1) is 13.8 Å². The largest absolute Gasteiger partial charge is 0.508 e. The topological polar surface area (TPSA) is 40.5 Å². The molecule has 78 valence electrons. The first-order valence-corrected chi connectivity index (χ1v) is 4.59. The van der Waals surface area contributed by atoms with Crippen LogP contribution in [-0.4, -0.2) is 10.2 Å². The van der Waals surface area contributed by atoms with Gasteiger partial charge in [0.05, 0.1) is 0 Å². The van der Waals surface area contributed by atoms with Gasteiger partial charge in [0.25, 0.3) is 0 Å². The number of hydrogen-bond donors (Lipinski definition) is 2. The highest BCUT2D eigenvalue weighted by Gasteiger charge is 2.00. The zero-order valence-corrected chi connectivity index (χ0v) is 9.20. The van der Waals surface area contributed by atoms with E-state index in [9.17, 15) is 5.11 Å². The monoisotopic (exact) mass is 194 g/mol. The fraction of sp³-hybridized carbons (Fsp3) is 0.333. The Kier molecular flexibility index (Phi) is 5.46. The van der Waals surface area contributed by atoms with Crippen LogP contribution >= 0.6 is 0 Å². The maximum absolute atomic E-state index is 9.22. The second-order valence-electron chi connectivity index (χ2n) is 3.09. The molecule has 0 aliphatic heterocycles. The van der Waals surface area contributed by atoms with Crippen LogP contribution < -0.4 is 0 Å². The summed E-state index contributed by atoms with van der Waals surface area (Å²) in [5.41, 5.74) is 1.41. The maximum atomic E-state index is 9.22. The molecule has 0 saturated carbocycles. The molecule has 0 aliphatic carbocycles. The van der Waals surface area contributed by atoms with Crippen LogP contribution in [0.25, 0.3) is 0 Å². The van der Waals surface area contributed by atoms with Crippen molar-refractivity contribution in [3.8, 4) is 11.5 Å². The van der Waals surface area contributed by atoms with Crippen molar-refractivity contribution in [3.63, 3.8) is 0 Å². The van der Waals surface area contributed by atoms with Crippen LogP contribution in [0.3, 0.4) is 0 Å². The highest BCUT2D eigenvalue weighted by molar-refractivity contribution is 5.44. The van der Waals surface area contributed by atoms with E-state index in [2.05, 4.69) is 0 Å². The molecule has 2 N–H and O–H groups in total. The summed E-state index contributed by atoms with van der Waals surface area (Å²) < 4.78 is 0. The molecule has 1 aromatic carbocycles. The molecule has 0 spiro atoms. The van der Waals surface area contributed by atoms with Crippen LogP contribution in [-0.2, 0) is 0 Å². The van der Waals surface area contributed by atoms with Gasteiger partial charge in [-0.2, -0.15) is 0 Å². The molecule has 0 atom stereocenters. The molecule has 2 heteroatoms. The van der Waals surface area contributed by atoms with Gasteiger partial charge in [-0.25, -0.2) is 0 Å². The van der Waals surface area contributed by atoms with Gasteiger partial charge in [-0.15, -0.1) is 0 Å². The van der Waals surface area contributed by atoms with Gasteiger partial charge in [-0.1, -0.05) is 12.2 Å². The van der Waals surface area contributed by atoms with Gasteiger partial charge in [0, 0.05) is 0 Å². The van der Waals surface area contributed by atoms with Crippen LogP contribution in [0.5, 0.6) is 11.5 Å². The van der Waals surface area contributed by atoms with E-state index in [1.807, 2.05) is 26.0 Å². The molecule has 0 aliphatic rings. The number of phenols is 2. The summed E-state index contributed by atoms with van der Waals surface area (Å²) in [6.45, 7) is 7.50. The van der Waals surface area contributed by atoms with E-state index in [0.717, 1.165) is 0 Å². The van der Waals surface area contributed by atoms with Gasteiger partial charge in [0.1, 0.15) is 11.5 Å². The summed E-state index contributed by atoms with van der Waals surface area (Å²) in [7, 11) is 0. The predicted octanol–water partition coefficient (Wildman–Crippen LogP) is 3.30. The summed E-state index contributed by atoms with van der Waals surface area (Å²) in [4.78, 5) is 0. The Balaban J connectivity index is 0.000000364. The van der Waals surface area contributed by atoms with E-state index in [1.54, 1.807) is 13.8 Å². The van der Waals surface area contributed by atoms with E-state index in [0.29, 0.717) is 11.1 Å². The first-order valence-electron chi connectivity index (χ1n) is 4.59. The second-order valence-corrected chi connectivity index (χ2v) is 3.09. The minimum absolute atomic E-state index is 0.202. The molecule has 0 radical (unpaired) electrons. The molecular formula is C12H18O2. The summed E-state index contributed by atoms with van der Waals surface area (Å²) in [6, 6.07) is 3.06.